The third-order valence-electron chi connectivity index (χ3n) is 2.23. The minimum absolute atomic E-state index is 0.0405. The van der Waals surface area contributed by atoms with Gasteiger partial charge in [-0.2, -0.15) is 4.98 Å². The first-order chi connectivity index (χ1) is 8.15. The lowest BCUT2D eigenvalue weighted by atomic mass is 10.2. The maximum atomic E-state index is 9.54. The van der Waals surface area contributed by atoms with Crippen LogP contribution in [-0.2, 0) is 13.1 Å². The van der Waals surface area contributed by atoms with Crippen LogP contribution >= 0.6 is 0 Å². The van der Waals surface area contributed by atoms with Gasteiger partial charge in [0.1, 0.15) is 11.5 Å². The van der Waals surface area contributed by atoms with Crippen LogP contribution < -0.4 is 5.32 Å². The van der Waals surface area contributed by atoms with Crippen LogP contribution in [0.25, 0.3) is 0 Å². The summed E-state index contributed by atoms with van der Waals surface area (Å²) >= 11 is 0. The fourth-order valence-electron chi connectivity index (χ4n) is 1.42. The van der Waals surface area contributed by atoms with Gasteiger partial charge < -0.3 is 20.1 Å². The highest BCUT2D eigenvalue weighted by molar-refractivity contribution is 5.38. The molecule has 0 atom stereocenters. The fraction of sp³-hybridized carbons (Fsp3) is 0.273. The minimum atomic E-state index is 0.0405. The van der Waals surface area contributed by atoms with Crippen LogP contribution in [0, 0.1) is 6.92 Å². The average molecular weight is 235 g/mol. The van der Waals surface area contributed by atoms with E-state index >= 15 is 0 Å². The van der Waals surface area contributed by atoms with Crippen LogP contribution in [0.5, 0.6) is 11.5 Å². The molecule has 0 fully saturated rings. The van der Waals surface area contributed by atoms with Crippen LogP contribution in [-0.4, -0.2) is 20.4 Å². The van der Waals surface area contributed by atoms with Crippen molar-refractivity contribution in [3.8, 4) is 11.5 Å². The average Bonchev–Trinajstić information content (AvgIpc) is 2.68. The molecule has 0 aliphatic heterocycles. The van der Waals surface area contributed by atoms with Gasteiger partial charge in [0.05, 0.1) is 6.54 Å². The molecular formula is C11H13N3O3. The number of hydrogen-bond donors (Lipinski definition) is 3. The molecule has 1 aromatic carbocycles. The van der Waals surface area contributed by atoms with Gasteiger partial charge in [0, 0.05) is 18.2 Å². The molecule has 1 heterocycles. The highest BCUT2D eigenvalue weighted by Crippen LogP contribution is 2.22. The maximum absolute atomic E-state index is 9.54. The number of phenolic OH excluding ortho intramolecular Hbond substituents is 2. The Morgan fingerprint density at radius 2 is 2.12 bits per heavy atom. The summed E-state index contributed by atoms with van der Waals surface area (Å²) in [5.74, 6) is 1.19. The molecule has 17 heavy (non-hydrogen) atoms. The van der Waals surface area contributed by atoms with E-state index in [1.165, 1.54) is 12.1 Å². The summed E-state index contributed by atoms with van der Waals surface area (Å²) < 4.78 is 4.93. The summed E-state index contributed by atoms with van der Waals surface area (Å²) in [5, 5.41) is 25.4. The van der Waals surface area contributed by atoms with Gasteiger partial charge in [0.25, 0.3) is 0 Å². The van der Waals surface area contributed by atoms with Gasteiger partial charge in [-0.3, -0.25) is 0 Å². The van der Waals surface area contributed by atoms with Crippen molar-refractivity contribution in [1.82, 2.24) is 15.5 Å². The zero-order chi connectivity index (χ0) is 12.3. The second kappa shape index (κ2) is 4.84. The van der Waals surface area contributed by atoms with Gasteiger partial charge >= 0.3 is 0 Å². The van der Waals surface area contributed by atoms with E-state index in [-0.39, 0.29) is 11.5 Å². The van der Waals surface area contributed by atoms with Crippen LogP contribution in [0.2, 0.25) is 0 Å². The molecule has 0 radical (unpaired) electrons. The van der Waals surface area contributed by atoms with Crippen molar-refractivity contribution in [3.05, 3.63) is 35.5 Å². The number of benzene rings is 1. The Balaban J connectivity index is 1.90. The molecule has 6 nitrogen and oxygen atoms in total. The fourth-order valence-corrected chi connectivity index (χ4v) is 1.42. The SMILES string of the molecule is Cc1noc(CNCc2ccc(O)cc2O)n1. The van der Waals surface area contributed by atoms with Gasteiger partial charge in [0.15, 0.2) is 5.82 Å². The Morgan fingerprint density at radius 1 is 1.29 bits per heavy atom. The molecular weight excluding hydrogens is 222 g/mol. The van der Waals surface area contributed by atoms with E-state index in [1.54, 1.807) is 13.0 Å². The summed E-state index contributed by atoms with van der Waals surface area (Å²) in [7, 11) is 0. The Kier molecular flexibility index (Phi) is 3.24. The zero-order valence-corrected chi connectivity index (χ0v) is 9.34. The van der Waals surface area contributed by atoms with E-state index in [0.29, 0.717) is 30.4 Å². The predicted octanol–water partition coefficient (Wildman–Crippen LogP) is 1.08. The molecule has 0 aliphatic carbocycles. The molecule has 6 heteroatoms. The molecule has 3 N–H and O–H groups in total. The van der Waals surface area contributed by atoms with E-state index in [2.05, 4.69) is 15.5 Å². The second-order valence-electron chi connectivity index (χ2n) is 3.65. The number of hydrogen-bond acceptors (Lipinski definition) is 6. The highest BCUT2D eigenvalue weighted by Gasteiger charge is 2.04. The first kappa shape index (κ1) is 11.4. The monoisotopic (exact) mass is 235 g/mol. The van der Waals surface area contributed by atoms with Gasteiger partial charge in [-0.05, 0) is 13.0 Å². The summed E-state index contributed by atoms with van der Waals surface area (Å²) in [4.78, 5) is 4.04. The van der Waals surface area contributed by atoms with Crippen molar-refractivity contribution in [2.24, 2.45) is 0 Å². The maximum Gasteiger partial charge on any atom is 0.240 e. The number of aromatic hydroxyl groups is 2. The van der Waals surface area contributed by atoms with Crippen molar-refractivity contribution >= 4 is 0 Å². The Bertz CT molecular complexity index is 510. The molecule has 0 unspecified atom stereocenters. The van der Waals surface area contributed by atoms with Gasteiger partial charge in [-0.15, -0.1) is 0 Å². The van der Waals surface area contributed by atoms with Crippen molar-refractivity contribution in [2.45, 2.75) is 20.0 Å². The molecule has 0 amide bonds. The van der Waals surface area contributed by atoms with Gasteiger partial charge in [-0.1, -0.05) is 11.2 Å². The third-order valence-corrected chi connectivity index (χ3v) is 2.23. The van der Waals surface area contributed by atoms with E-state index in [4.69, 9.17) is 9.63 Å². The van der Waals surface area contributed by atoms with E-state index in [0.717, 1.165) is 0 Å². The second-order valence-corrected chi connectivity index (χ2v) is 3.65. The zero-order valence-electron chi connectivity index (χ0n) is 9.34. The van der Waals surface area contributed by atoms with Crippen LogP contribution in [0.4, 0.5) is 0 Å². The van der Waals surface area contributed by atoms with Crippen LogP contribution in [0.3, 0.4) is 0 Å². The molecule has 0 aliphatic rings. The van der Waals surface area contributed by atoms with E-state index in [9.17, 15) is 5.11 Å². The van der Waals surface area contributed by atoms with Gasteiger partial charge in [-0.25, -0.2) is 0 Å². The lowest BCUT2D eigenvalue weighted by Crippen LogP contribution is -2.13. The number of rotatable bonds is 4. The first-order valence-electron chi connectivity index (χ1n) is 5.16. The van der Waals surface area contributed by atoms with E-state index < -0.39 is 0 Å². The number of nitrogens with zero attached hydrogens (tertiary/aromatic N) is 2. The van der Waals surface area contributed by atoms with Crippen molar-refractivity contribution in [1.29, 1.82) is 0 Å². The summed E-state index contributed by atoms with van der Waals surface area (Å²) in [6.45, 7) is 2.63. The van der Waals surface area contributed by atoms with Crippen molar-refractivity contribution in [2.75, 3.05) is 0 Å². The Labute approximate surface area is 97.9 Å². The third kappa shape index (κ3) is 2.94. The molecule has 90 valence electrons. The molecule has 2 rings (SSSR count). The standard InChI is InChI=1S/C11H13N3O3/c1-7-13-11(17-14-7)6-12-5-8-2-3-9(15)4-10(8)16/h2-4,12,15-16H,5-6H2,1H3. The molecule has 0 saturated heterocycles. The van der Waals surface area contributed by atoms with Crippen molar-refractivity contribution in [3.63, 3.8) is 0 Å². The van der Waals surface area contributed by atoms with Crippen LogP contribution in [0.15, 0.2) is 22.7 Å². The topological polar surface area (TPSA) is 91.4 Å². The number of nitrogens with one attached hydrogen (secondary N) is 1. The summed E-state index contributed by atoms with van der Waals surface area (Å²) in [6, 6.07) is 4.47. The molecule has 1 aromatic heterocycles. The number of aryl methyl sites for hydroxylation is 1. The van der Waals surface area contributed by atoms with Gasteiger partial charge in [0.2, 0.25) is 5.89 Å². The summed E-state index contributed by atoms with van der Waals surface area (Å²) in [6.07, 6.45) is 0. The highest BCUT2D eigenvalue weighted by atomic mass is 16.5. The largest absolute Gasteiger partial charge is 0.508 e. The number of phenols is 2. The van der Waals surface area contributed by atoms with Crippen LogP contribution in [0.1, 0.15) is 17.3 Å². The molecule has 0 spiro atoms. The van der Waals surface area contributed by atoms with Crippen molar-refractivity contribution < 1.29 is 14.7 Å². The quantitative estimate of drug-likeness (QED) is 0.734. The summed E-state index contributed by atoms with van der Waals surface area (Å²) in [5.41, 5.74) is 0.694. The smallest absolute Gasteiger partial charge is 0.240 e. The molecule has 0 bridgehead atoms. The lowest BCUT2D eigenvalue weighted by Gasteiger charge is -2.05. The Hall–Kier alpha value is -2.08. The molecule has 0 saturated carbocycles. The minimum Gasteiger partial charge on any atom is -0.508 e. The predicted molar refractivity (Wildman–Crippen MR) is 59.4 cm³/mol. The normalized spacial score (nSPS) is 10.6. The first-order valence-corrected chi connectivity index (χ1v) is 5.16. The lowest BCUT2D eigenvalue weighted by molar-refractivity contribution is 0.363. The number of aromatic nitrogens is 2. The van der Waals surface area contributed by atoms with E-state index in [1.807, 2.05) is 0 Å². The molecule has 2 aromatic rings. The Morgan fingerprint density at radius 3 is 2.76 bits per heavy atom.